The van der Waals surface area contributed by atoms with Crippen molar-refractivity contribution in [3.05, 3.63) is 29.8 Å². The minimum Gasteiger partial charge on any atom is -0.508 e. The molecule has 0 aliphatic heterocycles. The maximum absolute atomic E-state index is 11.8. The molecule has 1 unspecified atom stereocenters. The Bertz CT molecular complexity index is 444. The lowest BCUT2D eigenvalue weighted by molar-refractivity contribution is -0.123. The van der Waals surface area contributed by atoms with E-state index in [-0.39, 0.29) is 17.7 Å². The van der Waals surface area contributed by atoms with Crippen LogP contribution < -0.4 is 10.6 Å². The number of benzene rings is 1. The van der Waals surface area contributed by atoms with E-state index in [9.17, 15) is 14.7 Å². The molecule has 1 aromatic carbocycles. The predicted molar refractivity (Wildman–Crippen MR) is 68.3 cm³/mol. The molecule has 1 rings (SSSR count). The van der Waals surface area contributed by atoms with Crippen LogP contribution in [0, 0.1) is 0 Å². The summed E-state index contributed by atoms with van der Waals surface area (Å²) in [5.74, 6) is -0.613. The van der Waals surface area contributed by atoms with Crippen LogP contribution in [0.1, 0.15) is 31.1 Å². The molecule has 0 heterocycles. The van der Waals surface area contributed by atoms with E-state index in [1.807, 2.05) is 13.8 Å². The van der Waals surface area contributed by atoms with Crippen molar-refractivity contribution in [1.29, 1.82) is 0 Å². The van der Waals surface area contributed by atoms with Gasteiger partial charge in [-0.3, -0.25) is 9.59 Å². The van der Waals surface area contributed by atoms with Crippen molar-refractivity contribution in [3.8, 4) is 5.75 Å². The number of aromatic hydroxyl groups is 1. The van der Waals surface area contributed by atoms with Gasteiger partial charge in [-0.15, -0.1) is 0 Å². The third kappa shape index (κ3) is 4.08. The van der Waals surface area contributed by atoms with Crippen molar-refractivity contribution in [1.82, 2.24) is 10.6 Å². The zero-order chi connectivity index (χ0) is 13.7. The SMILES string of the molecule is CC(C)NC(=O)C(C)NC(=O)c1cccc(O)c1. The number of hydrogen-bond acceptors (Lipinski definition) is 3. The highest BCUT2D eigenvalue weighted by Crippen LogP contribution is 2.10. The molecule has 0 aromatic heterocycles. The van der Waals surface area contributed by atoms with Gasteiger partial charge in [-0.2, -0.15) is 0 Å². The molecule has 1 atom stereocenters. The molecule has 5 heteroatoms. The van der Waals surface area contributed by atoms with Crippen LogP contribution in [0.5, 0.6) is 5.75 Å². The van der Waals surface area contributed by atoms with E-state index in [2.05, 4.69) is 10.6 Å². The van der Waals surface area contributed by atoms with Crippen molar-refractivity contribution in [2.75, 3.05) is 0 Å². The summed E-state index contributed by atoms with van der Waals surface area (Å²) < 4.78 is 0. The van der Waals surface area contributed by atoms with Crippen LogP contribution >= 0.6 is 0 Å². The monoisotopic (exact) mass is 250 g/mol. The number of rotatable bonds is 4. The van der Waals surface area contributed by atoms with Gasteiger partial charge in [-0.25, -0.2) is 0 Å². The van der Waals surface area contributed by atoms with E-state index < -0.39 is 11.9 Å². The molecule has 3 N–H and O–H groups in total. The van der Waals surface area contributed by atoms with Crippen LogP contribution in [0.25, 0.3) is 0 Å². The first-order valence-corrected chi connectivity index (χ1v) is 5.80. The lowest BCUT2D eigenvalue weighted by Gasteiger charge is -2.16. The summed E-state index contributed by atoms with van der Waals surface area (Å²) >= 11 is 0. The molecular weight excluding hydrogens is 232 g/mol. The van der Waals surface area contributed by atoms with Gasteiger partial charge in [0.1, 0.15) is 11.8 Å². The van der Waals surface area contributed by atoms with Crippen LogP contribution in [-0.2, 0) is 4.79 Å². The molecule has 0 saturated heterocycles. The number of phenolic OH excluding ortho intramolecular Hbond substituents is 1. The third-order valence-electron chi connectivity index (χ3n) is 2.28. The number of carbonyl (C=O) groups is 2. The van der Waals surface area contributed by atoms with Gasteiger partial charge < -0.3 is 15.7 Å². The van der Waals surface area contributed by atoms with Crippen molar-refractivity contribution >= 4 is 11.8 Å². The van der Waals surface area contributed by atoms with Gasteiger partial charge in [0.15, 0.2) is 0 Å². The van der Waals surface area contributed by atoms with Crippen molar-refractivity contribution in [2.45, 2.75) is 32.9 Å². The summed E-state index contributed by atoms with van der Waals surface area (Å²) in [5.41, 5.74) is 0.319. The fraction of sp³-hybridized carbons (Fsp3) is 0.385. The molecule has 0 bridgehead atoms. The molecule has 0 aliphatic rings. The second-order valence-electron chi connectivity index (χ2n) is 4.41. The topological polar surface area (TPSA) is 78.4 Å². The highest BCUT2D eigenvalue weighted by molar-refractivity contribution is 5.97. The molecular formula is C13H18N2O3. The second-order valence-corrected chi connectivity index (χ2v) is 4.41. The first-order valence-electron chi connectivity index (χ1n) is 5.80. The van der Waals surface area contributed by atoms with Crippen LogP contribution in [-0.4, -0.2) is 29.0 Å². The Morgan fingerprint density at radius 1 is 1.17 bits per heavy atom. The Kier molecular flexibility index (Phi) is 4.71. The largest absolute Gasteiger partial charge is 0.508 e. The molecule has 1 aromatic rings. The molecule has 0 radical (unpaired) electrons. The maximum Gasteiger partial charge on any atom is 0.252 e. The standard InChI is InChI=1S/C13H18N2O3/c1-8(2)14-12(17)9(3)15-13(18)10-5-4-6-11(16)7-10/h4-9,16H,1-3H3,(H,14,17)(H,15,18). The smallest absolute Gasteiger partial charge is 0.252 e. The second kappa shape index (κ2) is 6.05. The van der Waals surface area contributed by atoms with E-state index in [1.165, 1.54) is 12.1 Å². The number of carbonyl (C=O) groups excluding carboxylic acids is 2. The van der Waals surface area contributed by atoms with Gasteiger partial charge in [0.25, 0.3) is 5.91 Å². The normalized spacial score (nSPS) is 12.0. The lowest BCUT2D eigenvalue weighted by atomic mass is 10.2. The number of amides is 2. The van der Waals surface area contributed by atoms with E-state index in [4.69, 9.17) is 0 Å². The van der Waals surface area contributed by atoms with Crippen LogP contribution in [0.15, 0.2) is 24.3 Å². The predicted octanol–water partition coefficient (Wildman–Crippen LogP) is 1.04. The van der Waals surface area contributed by atoms with Crippen LogP contribution in [0.4, 0.5) is 0 Å². The van der Waals surface area contributed by atoms with Gasteiger partial charge in [0, 0.05) is 11.6 Å². The average Bonchev–Trinajstić information content (AvgIpc) is 2.27. The lowest BCUT2D eigenvalue weighted by Crippen LogP contribution is -2.46. The quantitative estimate of drug-likeness (QED) is 0.747. The van der Waals surface area contributed by atoms with E-state index >= 15 is 0 Å². The van der Waals surface area contributed by atoms with E-state index in [0.717, 1.165) is 0 Å². The Morgan fingerprint density at radius 2 is 1.83 bits per heavy atom. The highest BCUT2D eigenvalue weighted by Gasteiger charge is 2.17. The third-order valence-corrected chi connectivity index (χ3v) is 2.28. The van der Waals surface area contributed by atoms with Crippen molar-refractivity contribution in [2.24, 2.45) is 0 Å². The van der Waals surface area contributed by atoms with Gasteiger partial charge in [0.2, 0.25) is 5.91 Å². The summed E-state index contributed by atoms with van der Waals surface area (Å²) in [6.45, 7) is 5.31. The number of nitrogens with one attached hydrogen (secondary N) is 2. The van der Waals surface area contributed by atoms with E-state index in [0.29, 0.717) is 5.56 Å². The summed E-state index contributed by atoms with van der Waals surface area (Å²) in [7, 11) is 0. The van der Waals surface area contributed by atoms with Gasteiger partial charge in [-0.1, -0.05) is 6.07 Å². The Hall–Kier alpha value is -2.04. The minimum absolute atomic E-state index is 0.0157. The fourth-order valence-corrected chi connectivity index (χ4v) is 1.40. The molecule has 0 spiro atoms. The molecule has 18 heavy (non-hydrogen) atoms. The first kappa shape index (κ1) is 14.0. The molecule has 2 amide bonds. The van der Waals surface area contributed by atoms with Gasteiger partial charge >= 0.3 is 0 Å². The zero-order valence-electron chi connectivity index (χ0n) is 10.7. The molecule has 5 nitrogen and oxygen atoms in total. The summed E-state index contributed by atoms with van der Waals surface area (Å²) in [5, 5.41) is 14.5. The molecule has 98 valence electrons. The number of hydrogen-bond donors (Lipinski definition) is 3. The minimum atomic E-state index is -0.623. The number of phenols is 1. The molecule has 0 aliphatic carbocycles. The zero-order valence-corrected chi connectivity index (χ0v) is 10.7. The summed E-state index contributed by atoms with van der Waals surface area (Å²) in [6.07, 6.45) is 0. The highest BCUT2D eigenvalue weighted by atomic mass is 16.3. The summed E-state index contributed by atoms with van der Waals surface area (Å²) in [4.78, 5) is 23.4. The fourth-order valence-electron chi connectivity index (χ4n) is 1.40. The first-order chi connectivity index (χ1) is 8.40. The Morgan fingerprint density at radius 3 is 2.39 bits per heavy atom. The van der Waals surface area contributed by atoms with Gasteiger partial charge in [0.05, 0.1) is 0 Å². The van der Waals surface area contributed by atoms with E-state index in [1.54, 1.807) is 19.1 Å². The summed E-state index contributed by atoms with van der Waals surface area (Å²) in [6, 6.07) is 5.37. The van der Waals surface area contributed by atoms with Crippen molar-refractivity contribution < 1.29 is 14.7 Å². The molecule has 0 saturated carbocycles. The van der Waals surface area contributed by atoms with Crippen molar-refractivity contribution in [3.63, 3.8) is 0 Å². The average molecular weight is 250 g/mol. The van der Waals surface area contributed by atoms with Crippen LogP contribution in [0.3, 0.4) is 0 Å². The Labute approximate surface area is 106 Å². The van der Waals surface area contributed by atoms with Crippen LogP contribution in [0.2, 0.25) is 0 Å². The Balaban J connectivity index is 2.62. The maximum atomic E-state index is 11.8. The molecule has 0 fully saturated rings. The van der Waals surface area contributed by atoms with Gasteiger partial charge in [-0.05, 0) is 39.0 Å².